The molecule has 0 atom stereocenters. The Bertz CT molecular complexity index is 666. The van der Waals surface area contributed by atoms with Gasteiger partial charge in [0.15, 0.2) is 10.2 Å². The molecule has 0 bridgehead atoms. The Labute approximate surface area is 111 Å². The Morgan fingerprint density at radius 2 is 2.17 bits per heavy atom. The molecule has 0 amide bonds. The van der Waals surface area contributed by atoms with Crippen molar-refractivity contribution in [3.8, 4) is 0 Å². The van der Waals surface area contributed by atoms with Gasteiger partial charge in [-0.2, -0.15) is 4.31 Å². The summed E-state index contributed by atoms with van der Waals surface area (Å²) in [4.78, 5) is 4.04. The van der Waals surface area contributed by atoms with Gasteiger partial charge in [0.25, 0.3) is 10.0 Å². The average Bonchev–Trinajstić information content (AvgIpc) is 2.65. The van der Waals surface area contributed by atoms with Crippen molar-refractivity contribution in [2.75, 3.05) is 13.6 Å². The number of sulfonamides is 1. The number of hydrogen-bond acceptors (Lipinski definition) is 3. The zero-order valence-electron chi connectivity index (χ0n) is 10.2. The monoisotopic (exact) mass is 287 g/mol. The van der Waals surface area contributed by atoms with Crippen LogP contribution in [0, 0.1) is 0 Å². The minimum absolute atomic E-state index is 0.00385. The number of rotatable bonds is 4. The fourth-order valence-corrected chi connectivity index (χ4v) is 3.61. The summed E-state index contributed by atoms with van der Waals surface area (Å²) in [5, 5.41) is 0.0277. The summed E-state index contributed by atoms with van der Waals surface area (Å²) in [5.41, 5.74) is 0.519. The Balaban J connectivity index is 2.64. The van der Waals surface area contributed by atoms with Gasteiger partial charge in [-0.25, -0.2) is 13.4 Å². The summed E-state index contributed by atoms with van der Waals surface area (Å²) in [7, 11) is -2.07. The lowest BCUT2D eigenvalue weighted by Gasteiger charge is -2.15. The predicted molar refractivity (Wildman–Crippen MR) is 70.3 cm³/mol. The smallest absolute Gasteiger partial charge is 0.262 e. The zero-order valence-corrected chi connectivity index (χ0v) is 11.7. The van der Waals surface area contributed by atoms with Crippen molar-refractivity contribution in [1.82, 2.24) is 13.7 Å². The summed E-state index contributed by atoms with van der Waals surface area (Å²) in [6, 6.07) is 5.24. The van der Waals surface area contributed by atoms with Gasteiger partial charge in [-0.15, -0.1) is 0 Å². The van der Waals surface area contributed by atoms with E-state index in [4.69, 9.17) is 11.6 Å². The Morgan fingerprint density at radius 3 is 2.83 bits per heavy atom. The van der Waals surface area contributed by atoms with Crippen LogP contribution in [0.2, 0.25) is 5.15 Å². The van der Waals surface area contributed by atoms with E-state index in [9.17, 15) is 8.42 Å². The number of pyridine rings is 1. The van der Waals surface area contributed by atoms with Gasteiger partial charge in [0, 0.05) is 19.8 Å². The van der Waals surface area contributed by atoms with Gasteiger partial charge in [-0.05, 0) is 18.6 Å². The standard InChI is InChI=1S/C11H14ClN3O2S/c1-3-7-14(2)18(16,17)11-10(12)13-9-6-4-5-8-15(9)11/h4-6,8H,3,7H2,1-2H3. The van der Waals surface area contributed by atoms with Crippen LogP contribution in [0.3, 0.4) is 0 Å². The van der Waals surface area contributed by atoms with Crippen LogP contribution in [0.4, 0.5) is 0 Å². The molecule has 2 aromatic rings. The van der Waals surface area contributed by atoms with Crippen molar-refractivity contribution in [2.24, 2.45) is 0 Å². The second-order valence-corrected chi connectivity index (χ2v) is 6.28. The lowest BCUT2D eigenvalue weighted by Crippen LogP contribution is -2.28. The van der Waals surface area contributed by atoms with Crippen LogP contribution >= 0.6 is 11.6 Å². The molecule has 0 radical (unpaired) electrons. The molecule has 2 aromatic heterocycles. The zero-order chi connectivity index (χ0) is 13.3. The summed E-state index contributed by atoms with van der Waals surface area (Å²) in [6.45, 7) is 2.36. The third kappa shape index (κ3) is 2.11. The molecule has 98 valence electrons. The quantitative estimate of drug-likeness (QED) is 0.864. The average molecular weight is 288 g/mol. The maximum absolute atomic E-state index is 12.4. The highest BCUT2D eigenvalue weighted by atomic mass is 35.5. The van der Waals surface area contributed by atoms with E-state index in [0.29, 0.717) is 12.2 Å². The molecule has 18 heavy (non-hydrogen) atoms. The van der Waals surface area contributed by atoms with Crippen molar-refractivity contribution in [3.05, 3.63) is 29.5 Å². The fraction of sp³-hybridized carbons (Fsp3) is 0.364. The summed E-state index contributed by atoms with van der Waals surface area (Å²) in [5.74, 6) is 0. The molecule has 2 heterocycles. The first-order valence-electron chi connectivity index (χ1n) is 5.57. The molecule has 0 aromatic carbocycles. The molecule has 2 rings (SSSR count). The topological polar surface area (TPSA) is 54.7 Å². The number of imidazole rings is 1. The molecule has 0 aliphatic carbocycles. The number of hydrogen-bond donors (Lipinski definition) is 0. The van der Waals surface area contributed by atoms with Gasteiger partial charge >= 0.3 is 0 Å². The minimum Gasteiger partial charge on any atom is -0.288 e. The van der Waals surface area contributed by atoms with E-state index in [-0.39, 0.29) is 10.2 Å². The molecule has 0 N–H and O–H groups in total. The number of fused-ring (bicyclic) bond motifs is 1. The summed E-state index contributed by atoms with van der Waals surface area (Å²) in [6.07, 6.45) is 2.38. The SMILES string of the molecule is CCCN(C)S(=O)(=O)c1c(Cl)nc2ccccn12. The lowest BCUT2D eigenvalue weighted by molar-refractivity contribution is 0.465. The van der Waals surface area contributed by atoms with E-state index >= 15 is 0 Å². The normalized spacial score (nSPS) is 12.4. The van der Waals surface area contributed by atoms with Crippen molar-refractivity contribution >= 4 is 27.3 Å². The van der Waals surface area contributed by atoms with Gasteiger partial charge in [0.1, 0.15) is 5.65 Å². The van der Waals surface area contributed by atoms with Crippen molar-refractivity contribution in [3.63, 3.8) is 0 Å². The molecule has 0 aliphatic rings. The van der Waals surface area contributed by atoms with Gasteiger partial charge in [0.05, 0.1) is 0 Å². The van der Waals surface area contributed by atoms with E-state index in [1.165, 1.54) is 15.8 Å². The predicted octanol–water partition coefficient (Wildman–Crippen LogP) is 2.02. The molecule has 7 heteroatoms. The van der Waals surface area contributed by atoms with Crippen molar-refractivity contribution < 1.29 is 8.42 Å². The Kier molecular flexibility index (Phi) is 3.61. The lowest BCUT2D eigenvalue weighted by atomic mass is 10.5. The highest BCUT2D eigenvalue weighted by Crippen LogP contribution is 2.24. The van der Waals surface area contributed by atoms with Crippen LogP contribution in [0.1, 0.15) is 13.3 Å². The van der Waals surface area contributed by atoms with E-state index in [0.717, 1.165) is 6.42 Å². The molecular weight excluding hydrogens is 274 g/mol. The van der Waals surface area contributed by atoms with Crippen LogP contribution < -0.4 is 0 Å². The number of halogens is 1. The molecular formula is C11H14ClN3O2S. The fourth-order valence-electron chi connectivity index (χ4n) is 1.76. The summed E-state index contributed by atoms with van der Waals surface area (Å²) >= 11 is 5.96. The maximum Gasteiger partial charge on any atom is 0.262 e. The van der Waals surface area contributed by atoms with Gasteiger partial charge in [0.2, 0.25) is 0 Å². The molecule has 0 saturated heterocycles. The molecule has 0 fully saturated rings. The Morgan fingerprint density at radius 1 is 1.44 bits per heavy atom. The van der Waals surface area contributed by atoms with Crippen LogP contribution in [-0.2, 0) is 10.0 Å². The van der Waals surface area contributed by atoms with Gasteiger partial charge < -0.3 is 0 Å². The van der Waals surface area contributed by atoms with E-state index in [1.54, 1.807) is 24.4 Å². The van der Waals surface area contributed by atoms with Crippen molar-refractivity contribution in [2.45, 2.75) is 18.4 Å². The van der Waals surface area contributed by atoms with Crippen LogP contribution in [0.5, 0.6) is 0 Å². The number of aromatic nitrogens is 2. The molecule has 0 spiro atoms. The van der Waals surface area contributed by atoms with Gasteiger partial charge in [-0.3, -0.25) is 4.40 Å². The third-order valence-electron chi connectivity index (χ3n) is 2.64. The molecule has 0 unspecified atom stereocenters. The highest BCUT2D eigenvalue weighted by Gasteiger charge is 2.27. The van der Waals surface area contributed by atoms with Gasteiger partial charge in [-0.1, -0.05) is 24.6 Å². The second-order valence-electron chi connectivity index (χ2n) is 3.96. The summed E-state index contributed by atoms with van der Waals surface area (Å²) < 4.78 is 27.6. The molecule has 5 nitrogen and oxygen atoms in total. The first-order chi connectivity index (χ1) is 8.48. The maximum atomic E-state index is 12.4. The van der Waals surface area contributed by atoms with Crippen LogP contribution in [0.25, 0.3) is 5.65 Å². The van der Waals surface area contributed by atoms with Crippen LogP contribution in [-0.4, -0.2) is 35.7 Å². The first kappa shape index (κ1) is 13.3. The third-order valence-corrected chi connectivity index (χ3v) is 4.90. The van der Waals surface area contributed by atoms with E-state index < -0.39 is 10.0 Å². The molecule has 0 saturated carbocycles. The van der Waals surface area contributed by atoms with Crippen molar-refractivity contribution in [1.29, 1.82) is 0 Å². The largest absolute Gasteiger partial charge is 0.288 e. The van der Waals surface area contributed by atoms with E-state index in [2.05, 4.69) is 4.98 Å². The molecule has 0 aliphatic heterocycles. The minimum atomic E-state index is -3.61. The Hall–Kier alpha value is -1.11. The second kappa shape index (κ2) is 4.87. The first-order valence-corrected chi connectivity index (χ1v) is 7.39. The van der Waals surface area contributed by atoms with E-state index in [1.807, 2.05) is 6.92 Å². The highest BCUT2D eigenvalue weighted by molar-refractivity contribution is 7.89. The van der Waals surface area contributed by atoms with Crippen LogP contribution in [0.15, 0.2) is 29.4 Å². The number of nitrogens with zero attached hydrogens (tertiary/aromatic N) is 3.